The quantitative estimate of drug-likeness (QED) is 0.782. The van der Waals surface area contributed by atoms with E-state index in [1.54, 1.807) is 11.9 Å². The van der Waals surface area contributed by atoms with Crippen LogP contribution in [-0.4, -0.2) is 47.5 Å². The summed E-state index contributed by atoms with van der Waals surface area (Å²) in [4.78, 5) is 21.9. The number of anilines is 2. The number of aromatic nitrogens is 2. The van der Waals surface area contributed by atoms with Gasteiger partial charge in [-0.05, 0) is 20.3 Å². The molecule has 1 aromatic heterocycles. The number of carbonyl (C=O) groups is 1. The Kier molecular flexibility index (Phi) is 6.05. The topological polar surface area (TPSA) is 70.2 Å². The van der Waals surface area contributed by atoms with Gasteiger partial charge in [0.2, 0.25) is 5.91 Å². The van der Waals surface area contributed by atoms with Crippen molar-refractivity contribution in [3.63, 3.8) is 0 Å². The Morgan fingerprint density at radius 1 is 1.26 bits per heavy atom. The van der Waals surface area contributed by atoms with Gasteiger partial charge in [-0.2, -0.15) is 0 Å². The molecule has 0 saturated carbocycles. The number of hydrogen-bond donors (Lipinski definition) is 2. The molecule has 1 aromatic rings. The molecule has 0 fully saturated rings. The second kappa shape index (κ2) is 7.56. The third kappa shape index (κ3) is 5.11. The summed E-state index contributed by atoms with van der Waals surface area (Å²) >= 11 is 0. The lowest BCUT2D eigenvalue weighted by atomic mass is 10.4. The van der Waals surface area contributed by atoms with Gasteiger partial charge < -0.3 is 15.5 Å². The van der Waals surface area contributed by atoms with Gasteiger partial charge in [0.1, 0.15) is 17.5 Å². The van der Waals surface area contributed by atoms with Crippen LogP contribution in [0.15, 0.2) is 6.07 Å². The molecule has 0 spiro atoms. The molecule has 19 heavy (non-hydrogen) atoms. The summed E-state index contributed by atoms with van der Waals surface area (Å²) in [5.41, 5.74) is 0. The smallest absolute Gasteiger partial charge is 0.241 e. The summed E-state index contributed by atoms with van der Waals surface area (Å²) in [7, 11) is 1.78. The maximum absolute atomic E-state index is 11.7. The first-order chi connectivity index (χ1) is 9.06. The molecule has 0 radical (unpaired) electrons. The number of likely N-dealkylation sites (N-methyl/N-ethyl adjacent to an activating group) is 1. The van der Waals surface area contributed by atoms with Crippen molar-refractivity contribution < 1.29 is 4.79 Å². The summed E-state index contributed by atoms with van der Waals surface area (Å²) in [5, 5.41) is 6.25. The minimum atomic E-state index is 0.0434. The highest BCUT2D eigenvalue weighted by molar-refractivity contribution is 5.80. The van der Waals surface area contributed by atoms with Crippen LogP contribution in [0.3, 0.4) is 0 Å². The van der Waals surface area contributed by atoms with Crippen LogP contribution in [0.5, 0.6) is 0 Å². The molecule has 1 amide bonds. The number of rotatable bonds is 7. The van der Waals surface area contributed by atoms with E-state index >= 15 is 0 Å². The fraction of sp³-hybridized carbons (Fsp3) is 0.615. The first-order valence-electron chi connectivity index (χ1n) is 6.64. The van der Waals surface area contributed by atoms with Crippen LogP contribution in [0.25, 0.3) is 0 Å². The number of amides is 1. The van der Waals surface area contributed by atoms with Crippen LogP contribution >= 0.6 is 0 Å². The fourth-order valence-corrected chi connectivity index (χ4v) is 1.48. The maximum Gasteiger partial charge on any atom is 0.241 e. The van der Waals surface area contributed by atoms with Crippen molar-refractivity contribution in [3.05, 3.63) is 11.9 Å². The third-order valence-corrected chi connectivity index (χ3v) is 2.71. The van der Waals surface area contributed by atoms with Gasteiger partial charge >= 0.3 is 0 Å². The van der Waals surface area contributed by atoms with E-state index in [0.29, 0.717) is 18.2 Å². The van der Waals surface area contributed by atoms with Crippen LogP contribution in [0.4, 0.5) is 11.6 Å². The van der Waals surface area contributed by atoms with Gasteiger partial charge in [0, 0.05) is 26.2 Å². The lowest BCUT2D eigenvalue weighted by Crippen LogP contribution is -2.32. The van der Waals surface area contributed by atoms with E-state index in [0.717, 1.165) is 18.8 Å². The highest BCUT2D eigenvalue weighted by Crippen LogP contribution is 2.10. The van der Waals surface area contributed by atoms with Gasteiger partial charge in [0.25, 0.3) is 0 Å². The fourth-order valence-electron chi connectivity index (χ4n) is 1.48. The zero-order valence-electron chi connectivity index (χ0n) is 12.2. The van der Waals surface area contributed by atoms with Gasteiger partial charge in [0.05, 0.1) is 6.54 Å². The Hall–Kier alpha value is -1.85. The Balaban J connectivity index is 2.62. The molecule has 6 nitrogen and oxygen atoms in total. The molecule has 106 valence electrons. The van der Waals surface area contributed by atoms with Crippen LogP contribution < -0.4 is 10.6 Å². The number of carbonyl (C=O) groups excluding carboxylic acids is 1. The molecule has 0 aliphatic heterocycles. The van der Waals surface area contributed by atoms with Crippen molar-refractivity contribution in [1.82, 2.24) is 14.9 Å². The average Bonchev–Trinajstić information content (AvgIpc) is 2.41. The average molecular weight is 265 g/mol. The van der Waals surface area contributed by atoms with E-state index in [4.69, 9.17) is 0 Å². The monoisotopic (exact) mass is 265 g/mol. The van der Waals surface area contributed by atoms with Gasteiger partial charge in [0.15, 0.2) is 0 Å². The van der Waals surface area contributed by atoms with Crippen LogP contribution in [0.2, 0.25) is 0 Å². The normalized spacial score (nSPS) is 10.1. The SMILES string of the molecule is CCCNc1cc(NCC(=O)N(C)CC)nc(C)n1. The number of nitrogens with one attached hydrogen (secondary N) is 2. The molecule has 0 aliphatic rings. The summed E-state index contributed by atoms with van der Waals surface area (Å²) in [5.74, 6) is 2.18. The minimum absolute atomic E-state index is 0.0434. The lowest BCUT2D eigenvalue weighted by molar-refractivity contribution is -0.127. The molecule has 6 heteroatoms. The molecule has 1 rings (SSSR count). The summed E-state index contributed by atoms with van der Waals surface area (Å²) in [6, 6.07) is 1.82. The van der Waals surface area contributed by atoms with Crippen molar-refractivity contribution in [2.45, 2.75) is 27.2 Å². The molecular formula is C13H23N5O. The number of aryl methyl sites for hydroxylation is 1. The van der Waals surface area contributed by atoms with Gasteiger partial charge in [-0.25, -0.2) is 9.97 Å². The molecule has 0 aromatic carbocycles. The Bertz CT molecular complexity index is 421. The van der Waals surface area contributed by atoms with Crippen LogP contribution in [0, 0.1) is 6.92 Å². The van der Waals surface area contributed by atoms with E-state index in [-0.39, 0.29) is 12.5 Å². The lowest BCUT2D eigenvalue weighted by Gasteiger charge is -2.15. The number of nitrogens with zero attached hydrogens (tertiary/aromatic N) is 3. The van der Waals surface area contributed by atoms with Crippen LogP contribution in [0.1, 0.15) is 26.1 Å². The van der Waals surface area contributed by atoms with E-state index in [1.807, 2.05) is 19.9 Å². The summed E-state index contributed by atoms with van der Waals surface area (Å²) in [6.45, 7) is 7.69. The maximum atomic E-state index is 11.7. The van der Waals surface area contributed by atoms with Crippen molar-refractivity contribution in [2.75, 3.05) is 37.3 Å². The molecule has 0 saturated heterocycles. The first-order valence-corrected chi connectivity index (χ1v) is 6.64. The van der Waals surface area contributed by atoms with E-state index in [2.05, 4.69) is 27.5 Å². The van der Waals surface area contributed by atoms with Crippen molar-refractivity contribution in [3.8, 4) is 0 Å². The van der Waals surface area contributed by atoms with Gasteiger partial charge in [-0.1, -0.05) is 6.92 Å². The highest BCUT2D eigenvalue weighted by atomic mass is 16.2. The van der Waals surface area contributed by atoms with Gasteiger partial charge in [-0.15, -0.1) is 0 Å². The molecule has 0 aliphatic carbocycles. The first kappa shape index (κ1) is 15.2. The molecule has 1 heterocycles. The highest BCUT2D eigenvalue weighted by Gasteiger charge is 2.07. The predicted molar refractivity (Wildman–Crippen MR) is 77.4 cm³/mol. The van der Waals surface area contributed by atoms with E-state index in [9.17, 15) is 4.79 Å². The summed E-state index contributed by atoms with van der Waals surface area (Å²) in [6.07, 6.45) is 1.03. The second-order valence-electron chi connectivity index (χ2n) is 4.37. The van der Waals surface area contributed by atoms with Crippen molar-refractivity contribution >= 4 is 17.5 Å². The molecule has 2 N–H and O–H groups in total. The third-order valence-electron chi connectivity index (χ3n) is 2.71. The predicted octanol–water partition coefficient (Wildman–Crippen LogP) is 1.50. The molecule has 0 atom stereocenters. The second-order valence-corrected chi connectivity index (χ2v) is 4.37. The van der Waals surface area contributed by atoms with Crippen molar-refractivity contribution in [1.29, 1.82) is 0 Å². The Labute approximate surface area is 114 Å². The molecule has 0 bridgehead atoms. The van der Waals surface area contributed by atoms with Crippen LogP contribution in [-0.2, 0) is 4.79 Å². The van der Waals surface area contributed by atoms with Crippen molar-refractivity contribution in [2.24, 2.45) is 0 Å². The largest absolute Gasteiger partial charge is 0.370 e. The Morgan fingerprint density at radius 2 is 1.89 bits per heavy atom. The van der Waals surface area contributed by atoms with E-state index < -0.39 is 0 Å². The zero-order valence-corrected chi connectivity index (χ0v) is 12.2. The minimum Gasteiger partial charge on any atom is -0.370 e. The number of hydrogen-bond acceptors (Lipinski definition) is 5. The molecule has 0 unspecified atom stereocenters. The van der Waals surface area contributed by atoms with E-state index in [1.165, 1.54) is 0 Å². The standard InChI is InChI=1S/C13H23N5O/c1-5-7-14-11-8-12(17-10(3)16-11)15-9-13(19)18(4)6-2/h8H,5-7,9H2,1-4H3,(H2,14,15,16,17). The molecular weight excluding hydrogens is 242 g/mol. The Morgan fingerprint density at radius 3 is 2.47 bits per heavy atom. The van der Waals surface area contributed by atoms with Gasteiger partial charge in [-0.3, -0.25) is 4.79 Å². The summed E-state index contributed by atoms with van der Waals surface area (Å²) < 4.78 is 0. The zero-order chi connectivity index (χ0) is 14.3.